The van der Waals surface area contributed by atoms with E-state index in [1.54, 1.807) is 13.2 Å². The molecule has 0 spiro atoms. The summed E-state index contributed by atoms with van der Waals surface area (Å²) in [5.74, 6) is 1.15. The average molecular weight is 360 g/mol. The second kappa shape index (κ2) is 8.21. The predicted molar refractivity (Wildman–Crippen MR) is 102 cm³/mol. The van der Waals surface area contributed by atoms with Crippen LogP contribution < -0.4 is 8.92 Å². The van der Waals surface area contributed by atoms with E-state index in [4.69, 9.17) is 8.92 Å². The molecule has 0 aromatic heterocycles. The van der Waals surface area contributed by atoms with Gasteiger partial charge in [-0.05, 0) is 53.8 Å². The zero-order chi connectivity index (χ0) is 18.4. The predicted octanol–water partition coefficient (Wildman–Crippen LogP) is 4.38. The largest absolute Gasteiger partial charge is 0.496 e. The normalized spacial score (nSPS) is 11.2. The Morgan fingerprint density at radius 2 is 1.84 bits per heavy atom. The minimum atomic E-state index is -3.56. The molecular formula is C20H24O4S. The minimum Gasteiger partial charge on any atom is -0.496 e. The highest BCUT2D eigenvalue weighted by Gasteiger charge is 2.13. The summed E-state index contributed by atoms with van der Waals surface area (Å²) >= 11 is 0. The quantitative estimate of drug-likeness (QED) is 0.518. The number of methoxy groups -OCH3 is 1. The summed E-state index contributed by atoms with van der Waals surface area (Å²) in [6, 6.07) is 11.6. The van der Waals surface area contributed by atoms with E-state index in [0.717, 1.165) is 53.5 Å². The molecule has 0 bridgehead atoms. The summed E-state index contributed by atoms with van der Waals surface area (Å²) in [5, 5.41) is 0. The minimum absolute atomic E-state index is 0.384. The Kier molecular flexibility index (Phi) is 6.26. The number of ether oxygens (including phenoxy) is 1. The maximum atomic E-state index is 11.5. The van der Waals surface area contributed by atoms with E-state index in [9.17, 15) is 8.42 Å². The Labute approximate surface area is 150 Å². The molecule has 25 heavy (non-hydrogen) atoms. The van der Waals surface area contributed by atoms with E-state index in [2.05, 4.69) is 12.6 Å². The fourth-order valence-electron chi connectivity index (χ4n) is 2.73. The molecule has 0 N–H and O–H groups in total. The molecule has 2 rings (SSSR count). The molecule has 2 aromatic rings. The van der Waals surface area contributed by atoms with E-state index in [1.165, 1.54) is 0 Å². The van der Waals surface area contributed by atoms with Crippen molar-refractivity contribution < 1.29 is 17.3 Å². The first-order valence-corrected chi connectivity index (χ1v) is 10.00. The van der Waals surface area contributed by atoms with Crippen molar-refractivity contribution >= 4 is 10.1 Å². The first-order chi connectivity index (χ1) is 11.9. The first-order valence-electron chi connectivity index (χ1n) is 8.18. The third-order valence-corrected chi connectivity index (χ3v) is 4.26. The van der Waals surface area contributed by atoms with E-state index < -0.39 is 10.1 Å². The summed E-state index contributed by atoms with van der Waals surface area (Å²) in [6.07, 6.45) is 5.30. The van der Waals surface area contributed by atoms with Crippen LogP contribution in [0.3, 0.4) is 0 Å². The number of aryl methyl sites for hydroxylation is 1. The van der Waals surface area contributed by atoms with Gasteiger partial charge >= 0.3 is 10.1 Å². The summed E-state index contributed by atoms with van der Waals surface area (Å²) in [4.78, 5) is 0. The molecule has 0 radical (unpaired) electrons. The van der Waals surface area contributed by atoms with Gasteiger partial charge in [0, 0.05) is 5.56 Å². The van der Waals surface area contributed by atoms with Crippen molar-refractivity contribution in [1.82, 2.24) is 0 Å². The van der Waals surface area contributed by atoms with Gasteiger partial charge in [0.1, 0.15) is 11.5 Å². The summed E-state index contributed by atoms with van der Waals surface area (Å²) in [5.41, 5.74) is 3.93. The molecule has 0 aliphatic carbocycles. The fourth-order valence-corrected chi connectivity index (χ4v) is 3.22. The molecule has 0 fully saturated rings. The van der Waals surface area contributed by atoms with Crippen molar-refractivity contribution in [2.24, 2.45) is 0 Å². The lowest BCUT2D eigenvalue weighted by atomic mass is 9.97. The van der Waals surface area contributed by atoms with Gasteiger partial charge in [0.2, 0.25) is 0 Å². The lowest BCUT2D eigenvalue weighted by molar-refractivity contribution is 0.416. The molecule has 0 amide bonds. The van der Waals surface area contributed by atoms with Gasteiger partial charge in [-0.15, -0.1) is 6.58 Å². The molecule has 0 aliphatic rings. The monoisotopic (exact) mass is 360 g/mol. The van der Waals surface area contributed by atoms with Gasteiger partial charge < -0.3 is 8.92 Å². The van der Waals surface area contributed by atoms with Crippen LogP contribution in [0.2, 0.25) is 0 Å². The van der Waals surface area contributed by atoms with Gasteiger partial charge in [0.25, 0.3) is 0 Å². The van der Waals surface area contributed by atoms with Crippen LogP contribution in [0.1, 0.15) is 24.5 Å². The molecule has 0 unspecified atom stereocenters. The van der Waals surface area contributed by atoms with Crippen molar-refractivity contribution in [3.05, 3.63) is 60.2 Å². The number of allylic oxidation sites excluding steroid dienone is 1. The van der Waals surface area contributed by atoms with Gasteiger partial charge in [-0.3, -0.25) is 0 Å². The number of benzene rings is 2. The zero-order valence-corrected chi connectivity index (χ0v) is 15.7. The van der Waals surface area contributed by atoms with Crippen LogP contribution in [0.25, 0.3) is 11.1 Å². The molecule has 134 valence electrons. The molecule has 0 atom stereocenters. The Bertz CT molecular complexity index is 854. The third-order valence-electron chi connectivity index (χ3n) is 3.78. The fraction of sp³-hybridized carbons (Fsp3) is 0.300. The van der Waals surface area contributed by atoms with E-state index >= 15 is 0 Å². The van der Waals surface area contributed by atoms with Crippen LogP contribution in [0, 0.1) is 0 Å². The topological polar surface area (TPSA) is 52.6 Å². The average Bonchev–Trinajstić information content (AvgIpc) is 2.56. The van der Waals surface area contributed by atoms with Gasteiger partial charge in [-0.1, -0.05) is 31.6 Å². The standard InChI is InChI=1S/C20H24O4S/c1-5-7-15-9-11-20(23-3)18(13-15)16-10-12-19(24-25(4,21)22)17(14-16)8-6-2/h5,9-14H,1,6-8H2,2-4H3. The van der Waals surface area contributed by atoms with Crippen molar-refractivity contribution in [2.45, 2.75) is 26.2 Å². The van der Waals surface area contributed by atoms with Gasteiger partial charge in [-0.25, -0.2) is 0 Å². The smallest absolute Gasteiger partial charge is 0.306 e. The number of rotatable bonds is 8. The van der Waals surface area contributed by atoms with Crippen LogP contribution in [-0.2, 0) is 23.0 Å². The molecule has 2 aromatic carbocycles. The lowest BCUT2D eigenvalue weighted by Gasteiger charge is -2.14. The summed E-state index contributed by atoms with van der Waals surface area (Å²) < 4.78 is 33.6. The van der Waals surface area contributed by atoms with Crippen LogP contribution in [0.5, 0.6) is 11.5 Å². The van der Waals surface area contributed by atoms with Gasteiger partial charge in [0.05, 0.1) is 13.4 Å². The maximum absolute atomic E-state index is 11.5. The second-order valence-corrected chi connectivity index (χ2v) is 7.46. The Hall–Kier alpha value is -2.27. The maximum Gasteiger partial charge on any atom is 0.306 e. The van der Waals surface area contributed by atoms with Crippen LogP contribution in [-0.4, -0.2) is 21.8 Å². The Morgan fingerprint density at radius 1 is 1.12 bits per heavy atom. The van der Waals surface area contributed by atoms with Gasteiger partial charge in [-0.2, -0.15) is 8.42 Å². The van der Waals surface area contributed by atoms with Crippen molar-refractivity contribution in [1.29, 1.82) is 0 Å². The third kappa shape index (κ3) is 5.10. The Balaban J connectivity index is 2.54. The van der Waals surface area contributed by atoms with E-state index in [-0.39, 0.29) is 0 Å². The highest BCUT2D eigenvalue weighted by molar-refractivity contribution is 7.86. The van der Waals surface area contributed by atoms with Crippen molar-refractivity contribution in [2.75, 3.05) is 13.4 Å². The molecule has 0 heterocycles. The highest BCUT2D eigenvalue weighted by Crippen LogP contribution is 2.34. The van der Waals surface area contributed by atoms with Crippen molar-refractivity contribution in [3.63, 3.8) is 0 Å². The molecule has 5 heteroatoms. The molecule has 0 aliphatic heterocycles. The molecular weight excluding hydrogens is 336 g/mol. The molecule has 0 saturated carbocycles. The number of hydrogen-bond donors (Lipinski definition) is 0. The Morgan fingerprint density at radius 3 is 2.44 bits per heavy atom. The van der Waals surface area contributed by atoms with Crippen LogP contribution in [0.4, 0.5) is 0 Å². The second-order valence-electron chi connectivity index (χ2n) is 5.89. The molecule has 0 saturated heterocycles. The van der Waals surface area contributed by atoms with E-state index in [1.807, 2.05) is 37.3 Å². The van der Waals surface area contributed by atoms with Crippen LogP contribution >= 0.6 is 0 Å². The zero-order valence-electron chi connectivity index (χ0n) is 14.9. The SMILES string of the molecule is C=CCc1ccc(OC)c(-c2ccc(OS(C)(=O)=O)c(CCC)c2)c1. The molecule has 4 nitrogen and oxygen atoms in total. The van der Waals surface area contributed by atoms with Gasteiger partial charge in [0.15, 0.2) is 0 Å². The van der Waals surface area contributed by atoms with Crippen LogP contribution in [0.15, 0.2) is 49.1 Å². The van der Waals surface area contributed by atoms with Crippen molar-refractivity contribution in [3.8, 4) is 22.6 Å². The van der Waals surface area contributed by atoms with E-state index in [0.29, 0.717) is 5.75 Å². The highest BCUT2D eigenvalue weighted by atomic mass is 32.2. The number of hydrogen-bond acceptors (Lipinski definition) is 4. The summed E-state index contributed by atoms with van der Waals surface area (Å²) in [7, 11) is -1.92. The lowest BCUT2D eigenvalue weighted by Crippen LogP contribution is -2.07. The first kappa shape index (κ1) is 19.1. The summed E-state index contributed by atoms with van der Waals surface area (Å²) in [6.45, 7) is 5.82.